The zero-order valence-electron chi connectivity index (χ0n) is 15.9. The largest absolute Gasteiger partial charge is 0.357 e. The molecule has 1 amide bonds. The summed E-state index contributed by atoms with van der Waals surface area (Å²) >= 11 is 0. The monoisotopic (exact) mass is 470 g/mol. The number of carbonyl (C=O) groups excluding carboxylic acids is 1. The Labute approximate surface area is 174 Å². The van der Waals surface area contributed by atoms with E-state index < -0.39 is 0 Å². The number of hydrogen-bond donors (Lipinski definition) is 1. The normalized spacial score (nSPS) is 13.5. The standard InChI is InChI=1S/C20H30N4O.HI/c1-4-6-9-13-23(3)20(21-5-2)22-15-19(25)24-14-12-17-10-7-8-11-18(17)16-24;/h4,7-8,10-11H,1,5-6,9,12-16H2,2-3H3,(H,21,22);1H. The second-order valence-corrected chi connectivity index (χ2v) is 6.36. The molecule has 0 saturated carbocycles. The number of carbonyl (C=O) groups is 1. The summed E-state index contributed by atoms with van der Waals surface area (Å²) in [5.74, 6) is 0.877. The number of unbranched alkanes of at least 4 members (excludes halogenated alkanes) is 1. The van der Waals surface area contributed by atoms with Crippen molar-refractivity contribution < 1.29 is 4.79 Å². The molecule has 1 N–H and O–H groups in total. The van der Waals surface area contributed by atoms with E-state index in [9.17, 15) is 4.79 Å². The van der Waals surface area contributed by atoms with E-state index in [4.69, 9.17) is 0 Å². The van der Waals surface area contributed by atoms with Gasteiger partial charge >= 0.3 is 0 Å². The van der Waals surface area contributed by atoms with Crippen LogP contribution in [0.15, 0.2) is 41.9 Å². The van der Waals surface area contributed by atoms with Gasteiger partial charge in [-0.1, -0.05) is 30.3 Å². The van der Waals surface area contributed by atoms with Gasteiger partial charge in [-0.3, -0.25) is 4.79 Å². The molecule has 0 unspecified atom stereocenters. The topological polar surface area (TPSA) is 47.9 Å². The van der Waals surface area contributed by atoms with Crippen LogP contribution in [0.4, 0.5) is 0 Å². The Kier molecular flexibility index (Phi) is 10.3. The highest BCUT2D eigenvalue weighted by Gasteiger charge is 2.20. The van der Waals surface area contributed by atoms with E-state index in [-0.39, 0.29) is 36.4 Å². The van der Waals surface area contributed by atoms with Crippen molar-refractivity contribution in [2.24, 2.45) is 4.99 Å². The molecule has 6 heteroatoms. The molecule has 0 fully saturated rings. The summed E-state index contributed by atoms with van der Waals surface area (Å²) in [4.78, 5) is 21.1. The van der Waals surface area contributed by atoms with Crippen molar-refractivity contribution in [2.75, 3.05) is 33.2 Å². The number of nitrogens with zero attached hydrogens (tertiary/aromatic N) is 3. The van der Waals surface area contributed by atoms with Crippen molar-refractivity contribution in [2.45, 2.75) is 32.7 Å². The highest BCUT2D eigenvalue weighted by molar-refractivity contribution is 14.0. The molecule has 5 nitrogen and oxygen atoms in total. The summed E-state index contributed by atoms with van der Waals surface area (Å²) in [6.45, 7) is 9.13. The van der Waals surface area contributed by atoms with Crippen LogP contribution in [0.25, 0.3) is 0 Å². The molecule has 0 atom stereocenters. The number of guanidine groups is 1. The van der Waals surface area contributed by atoms with Crippen molar-refractivity contribution in [3.63, 3.8) is 0 Å². The van der Waals surface area contributed by atoms with Crippen LogP contribution in [0.3, 0.4) is 0 Å². The minimum atomic E-state index is 0. The third-order valence-corrected chi connectivity index (χ3v) is 4.45. The molecule has 0 spiro atoms. The van der Waals surface area contributed by atoms with Crippen molar-refractivity contribution in [1.82, 2.24) is 15.1 Å². The first-order valence-corrected chi connectivity index (χ1v) is 9.10. The molecule has 144 valence electrons. The molecule has 1 aliphatic heterocycles. The average Bonchev–Trinajstić information content (AvgIpc) is 2.64. The number of benzene rings is 1. The molecule has 0 aliphatic carbocycles. The predicted octanol–water partition coefficient (Wildman–Crippen LogP) is 3.05. The van der Waals surface area contributed by atoms with Gasteiger partial charge in [0.05, 0.1) is 0 Å². The maximum absolute atomic E-state index is 12.6. The molecule has 1 heterocycles. The molecule has 0 bridgehead atoms. The van der Waals surface area contributed by atoms with Gasteiger partial charge in [0, 0.05) is 33.2 Å². The predicted molar refractivity (Wildman–Crippen MR) is 119 cm³/mol. The van der Waals surface area contributed by atoms with Gasteiger partial charge in [0.25, 0.3) is 0 Å². The van der Waals surface area contributed by atoms with Gasteiger partial charge in [-0.2, -0.15) is 0 Å². The Morgan fingerprint density at radius 2 is 2.12 bits per heavy atom. The number of fused-ring (bicyclic) bond motifs is 1. The van der Waals surface area contributed by atoms with Crippen LogP contribution in [-0.4, -0.2) is 54.9 Å². The Morgan fingerprint density at radius 3 is 2.81 bits per heavy atom. The molecule has 0 radical (unpaired) electrons. The fourth-order valence-corrected chi connectivity index (χ4v) is 3.00. The third kappa shape index (κ3) is 6.63. The van der Waals surface area contributed by atoms with E-state index in [0.29, 0.717) is 6.54 Å². The number of aliphatic imine (C=N–C) groups is 1. The smallest absolute Gasteiger partial charge is 0.244 e. The van der Waals surface area contributed by atoms with Crippen LogP contribution in [0.2, 0.25) is 0 Å². The van der Waals surface area contributed by atoms with Crippen molar-refractivity contribution >= 4 is 35.8 Å². The molecular weight excluding hydrogens is 439 g/mol. The minimum absolute atomic E-state index is 0. The van der Waals surface area contributed by atoms with Crippen LogP contribution < -0.4 is 5.32 Å². The molecule has 2 rings (SSSR count). The van der Waals surface area contributed by atoms with Crippen LogP contribution in [0.1, 0.15) is 30.9 Å². The van der Waals surface area contributed by atoms with Gasteiger partial charge < -0.3 is 15.1 Å². The first-order chi connectivity index (χ1) is 12.2. The van der Waals surface area contributed by atoms with E-state index in [1.165, 1.54) is 11.1 Å². The lowest BCUT2D eigenvalue weighted by atomic mass is 10.00. The number of rotatable bonds is 7. The maximum atomic E-state index is 12.6. The molecule has 0 aromatic heterocycles. The first kappa shape index (κ1) is 22.5. The van der Waals surface area contributed by atoms with E-state index in [1.54, 1.807) is 0 Å². The van der Waals surface area contributed by atoms with Gasteiger partial charge in [-0.15, -0.1) is 30.6 Å². The molecule has 26 heavy (non-hydrogen) atoms. The SMILES string of the molecule is C=CCCCN(C)C(=NCC(=O)N1CCc2ccccc2C1)NCC.I. The van der Waals surface area contributed by atoms with Crippen LogP contribution in [0, 0.1) is 0 Å². The zero-order chi connectivity index (χ0) is 18.1. The lowest BCUT2D eigenvalue weighted by Gasteiger charge is -2.28. The Balaban J connectivity index is 0.00000338. The second-order valence-electron chi connectivity index (χ2n) is 6.36. The van der Waals surface area contributed by atoms with Crippen molar-refractivity contribution in [1.29, 1.82) is 0 Å². The third-order valence-electron chi connectivity index (χ3n) is 4.45. The Bertz CT molecular complexity index is 618. The molecule has 1 aliphatic rings. The fraction of sp³-hybridized carbons (Fsp3) is 0.500. The van der Waals surface area contributed by atoms with Crippen LogP contribution in [0.5, 0.6) is 0 Å². The number of nitrogens with one attached hydrogen (secondary N) is 1. The quantitative estimate of drug-likeness (QED) is 0.219. The Morgan fingerprint density at radius 1 is 1.38 bits per heavy atom. The molecule has 0 saturated heterocycles. The summed E-state index contributed by atoms with van der Waals surface area (Å²) in [7, 11) is 2.01. The second kappa shape index (κ2) is 11.9. The maximum Gasteiger partial charge on any atom is 0.244 e. The van der Waals surface area contributed by atoms with Gasteiger partial charge in [0.15, 0.2) is 5.96 Å². The molecular formula is C20H31IN4O. The van der Waals surface area contributed by atoms with Crippen LogP contribution in [-0.2, 0) is 17.8 Å². The molecule has 1 aromatic carbocycles. The van der Waals surface area contributed by atoms with Gasteiger partial charge in [-0.25, -0.2) is 4.99 Å². The number of amides is 1. The highest BCUT2D eigenvalue weighted by Crippen LogP contribution is 2.18. The zero-order valence-corrected chi connectivity index (χ0v) is 18.2. The van der Waals surface area contributed by atoms with E-state index in [0.717, 1.165) is 44.9 Å². The lowest BCUT2D eigenvalue weighted by molar-refractivity contribution is -0.130. The average molecular weight is 470 g/mol. The summed E-state index contributed by atoms with van der Waals surface area (Å²) in [5.41, 5.74) is 2.60. The van der Waals surface area contributed by atoms with Crippen molar-refractivity contribution in [3.05, 3.63) is 48.0 Å². The van der Waals surface area contributed by atoms with Gasteiger partial charge in [0.1, 0.15) is 6.54 Å². The van der Waals surface area contributed by atoms with E-state index in [2.05, 4.69) is 40.0 Å². The summed E-state index contributed by atoms with van der Waals surface area (Å²) in [5, 5.41) is 3.26. The van der Waals surface area contributed by atoms with Gasteiger partial charge in [0.2, 0.25) is 5.91 Å². The number of hydrogen-bond acceptors (Lipinski definition) is 2. The number of halogens is 1. The summed E-state index contributed by atoms with van der Waals surface area (Å²) in [6.07, 6.45) is 4.86. The van der Waals surface area contributed by atoms with E-state index in [1.807, 2.05) is 31.0 Å². The van der Waals surface area contributed by atoms with Gasteiger partial charge in [-0.05, 0) is 37.3 Å². The highest BCUT2D eigenvalue weighted by atomic mass is 127. The minimum Gasteiger partial charge on any atom is -0.357 e. The Hall–Kier alpha value is -1.57. The van der Waals surface area contributed by atoms with Crippen LogP contribution >= 0.6 is 24.0 Å². The summed E-state index contributed by atoms with van der Waals surface area (Å²) in [6, 6.07) is 8.35. The molecule has 1 aromatic rings. The lowest BCUT2D eigenvalue weighted by Crippen LogP contribution is -2.41. The number of allylic oxidation sites excluding steroid dienone is 1. The van der Waals surface area contributed by atoms with E-state index >= 15 is 0 Å². The van der Waals surface area contributed by atoms with Crippen molar-refractivity contribution in [3.8, 4) is 0 Å². The first-order valence-electron chi connectivity index (χ1n) is 9.10. The fourth-order valence-electron chi connectivity index (χ4n) is 3.00. The summed E-state index contributed by atoms with van der Waals surface area (Å²) < 4.78 is 0.